The van der Waals surface area contributed by atoms with Crippen LogP contribution in [-0.4, -0.2) is 7.05 Å². The SMILES string of the molecule is CNC(c1c(C)cc(C)cc1F)C1CCCCC1(C)C. The zero-order chi connectivity index (χ0) is 14.9. The number of nitrogens with one attached hydrogen (secondary N) is 1. The molecule has 20 heavy (non-hydrogen) atoms. The van der Waals surface area contributed by atoms with E-state index in [0.29, 0.717) is 5.92 Å². The summed E-state index contributed by atoms with van der Waals surface area (Å²) in [4.78, 5) is 0. The Kier molecular flexibility index (Phi) is 4.53. The van der Waals surface area contributed by atoms with E-state index in [0.717, 1.165) is 16.7 Å². The van der Waals surface area contributed by atoms with Crippen molar-refractivity contribution < 1.29 is 4.39 Å². The van der Waals surface area contributed by atoms with Crippen LogP contribution in [0.1, 0.15) is 62.3 Å². The van der Waals surface area contributed by atoms with E-state index in [9.17, 15) is 4.39 Å². The number of halogens is 1. The van der Waals surface area contributed by atoms with Crippen LogP contribution in [0.25, 0.3) is 0 Å². The van der Waals surface area contributed by atoms with Crippen LogP contribution >= 0.6 is 0 Å². The third kappa shape index (κ3) is 2.90. The van der Waals surface area contributed by atoms with Crippen molar-refractivity contribution in [2.24, 2.45) is 11.3 Å². The largest absolute Gasteiger partial charge is 0.313 e. The summed E-state index contributed by atoms with van der Waals surface area (Å²) in [6.07, 6.45) is 4.99. The van der Waals surface area contributed by atoms with Crippen molar-refractivity contribution in [3.63, 3.8) is 0 Å². The molecule has 2 atom stereocenters. The molecule has 1 fully saturated rings. The zero-order valence-electron chi connectivity index (χ0n) is 13.5. The molecule has 0 heterocycles. The van der Waals surface area contributed by atoms with Crippen molar-refractivity contribution in [3.8, 4) is 0 Å². The highest BCUT2D eigenvalue weighted by Crippen LogP contribution is 2.47. The fourth-order valence-electron chi connectivity index (χ4n) is 4.01. The van der Waals surface area contributed by atoms with Crippen LogP contribution in [0.3, 0.4) is 0 Å². The minimum atomic E-state index is -0.0526. The molecular weight excluding hydrogens is 249 g/mol. The number of rotatable bonds is 3. The van der Waals surface area contributed by atoms with Gasteiger partial charge in [-0.25, -0.2) is 4.39 Å². The number of hydrogen-bond acceptors (Lipinski definition) is 1. The molecule has 1 N–H and O–H groups in total. The van der Waals surface area contributed by atoms with Gasteiger partial charge in [0, 0.05) is 11.6 Å². The predicted octanol–water partition coefficient (Wildman–Crippen LogP) is 4.92. The molecule has 1 aromatic rings. The Morgan fingerprint density at radius 2 is 1.95 bits per heavy atom. The third-order valence-corrected chi connectivity index (χ3v) is 5.10. The van der Waals surface area contributed by atoms with Crippen LogP contribution in [0.15, 0.2) is 12.1 Å². The van der Waals surface area contributed by atoms with E-state index >= 15 is 0 Å². The molecule has 1 aromatic carbocycles. The van der Waals surface area contributed by atoms with Gasteiger partial charge in [-0.05, 0) is 62.3 Å². The summed E-state index contributed by atoms with van der Waals surface area (Å²) in [6, 6.07) is 3.88. The van der Waals surface area contributed by atoms with Gasteiger partial charge >= 0.3 is 0 Å². The smallest absolute Gasteiger partial charge is 0.128 e. The molecule has 112 valence electrons. The van der Waals surface area contributed by atoms with Crippen LogP contribution in [0, 0.1) is 31.0 Å². The zero-order valence-corrected chi connectivity index (χ0v) is 13.5. The van der Waals surface area contributed by atoms with Gasteiger partial charge in [0.1, 0.15) is 5.82 Å². The maximum Gasteiger partial charge on any atom is 0.128 e. The molecule has 2 unspecified atom stereocenters. The summed E-state index contributed by atoms with van der Waals surface area (Å²) in [5.41, 5.74) is 3.22. The van der Waals surface area contributed by atoms with Crippen LogP contribution in [-0.2, 0) is 0 Å². The molecule has 0 aromatic heterocycles. The van der Waals surface area contributed by atoms with Gasteiger partial charge in [-0.15, -0.1) is 0 Å². The summed E-state index contributed by atoms with van der Waals surface area (Å²) in [5.74, 6) is 0.445. The molecule has 0 spiro atoms. The molecule has 0 bridgehead atoms. The Labute approximate surface area is 123 Å². The first-order chi connectivity index (χ1) is 9.36. The second kappa shape index (κ2) is 5.85. The lowest BCUT2D eigenvalue weighted by Crippen LogP contribution is -2.38. The van der Waals surface area contributed by atoms with Gasteiger partial charge in [-0.2, -0.15) is 0 Å². The van der Waals surface area contributed by atoms with Gasteiger partial charge in [0.15, 0.2) is 0 Å². The molecule has 1 aliphatic rings. The molecule has 1 saturated carbocycles. The lowest BCUT2D eigenvalue weighted by atomic mass is 9.64. The van der Waals surface area contributed by atoms with Gasteiger partial charge in [0.25, 0.3) is 0 Å². The summed E-state index contributed by atoms with van der Waals surface area (Å²) < 4.78 is 14.5. The lowest BCUT2D eigenvalue weighted by molar-refractivity contribution is 0.0996. The number of benzene rings is 1. The first-order valence-corrected chi connectivity index (χ1v) is 7.80. The van der Waals surface area contributed by atoms with Crippen LogP contribution in [0.5, 0.6) is 0 Å². The lowest BCUT2D eigenvalue weighted by Gasteiger charge is -2.43. The highest BCUT2D eigenvalue weighted by molar-refractivity contribution is 5.35. The van der Waals surface area contributed by atoms with Gasteiger partial charge in [-0.1, -0.05) is 32.8 Å². The normalized spacial score (nSPS) is 23.6. The third-order valence-electron chi connectivity index (χ3n) is 5.10. The van der Waals surface area contributed by atoms with E-state index in [1.807, 2.05) is 20.9 Å². The second-order valence-electron chi connectivity index (χ2n) is 7.08. The molecule has 0 aliphatic heterocycles. The molecule has 1 aliphatic carbocycles. The Morgan fingerprint density at radius 1 is 1.25 bits per heavy atom. The highest BCUT2D eigenvalue weighted by Gasteiger charge is 2.38. The number of aryl methyl sites for hydroxylation is 2. The Bertz CT molecular complexity index is 455. The molecular formula is C18H28FN. The standard InChI is InChI=1S/C18H28FN/c1-12-10-13(2)16(15(19)11-12)17(20-5)14-8-6-7-9-18(14,3)4/h10-11,14,17,20H,6-9H2,1-5H3. The average molecular weight is 277 g/mol. The molecule has 2 heteroatoms. The maximum absolute atomic E-state index is 14.5. The quantitative estimate of drug-likeness (QED) is 0.827. The van der Waals surface area contributed by atoms with Gasteiger partial charge in [0.05, 0.1) is 0 Å². The van der Waals surface area contributed by atoms with Crippen molar-refractivity contribution >= 4 is 0 Å². The van der Waals surface area contributed by atoms with Crippen molar-refractivity contribution in [2.45, 2.75) is 59.4 Å². The van der Waals surface area contributed by atoms with E-state index < -0.39 is 0 Å². The topological polar surface area (TPSA) is 12.0 Å². The van der Waals surface area contributed by atoms with E-state index in [1.54, 1.807) is 6.07 Å². The molecule has 0 amide bonds. The monoisotopic (exact) mass is 277 g/mol. The Morgan fingerprint density at radius 3 is 2.50 bits per heavy atom. The van der Waals surface area contributed by atoms with Gasteiger partial charge in [-0.3, -0.25) is 0 Å². The van der Waals surface area contributed by atoms with Gasteiger partial charge < -0.3 is 5.32 Å². The summed E-state index contributed by atoms with van der Waals surface area (Å²) in [5, 5.41) is 3.40. The van der Waals surface area contributed by atoms with E-state index in [4.69, 9.17) is 0 Å². The first kappa shape index (κ1) is 15.5. The van der Waals surface area contributed by atoms with Crippen LogP contribution in [0.4, 0.5) is 4.39 Å². The van der Waals surface area contributed by atoms with Crippen molar-refractivity contribution in [2.75, 3.05) is 7.05 Å². The fraction of sp³-hybridized carbons (Fsp3) is 0.667. The Balaban J connectivity index is 2.42. The second-order valence-corrected chi connectivity index (χ2v) is 7.08. The van der Waals surface area contributed by atoms with Crippen LogP contribution in [0.2, 0.25) is 0 Å². The minimum Gasteiger partial charge on any atom is -0.313 e. The summed E-state index contributed by atoms with van der Waals surface area (Å²) in [7, 11) is 1.97. The van der Waals surface area contributed by atoms with E-state index in [-0.39, 0.29) is 17.3 Å². The molecule has 2 rings (SSSR count). The predicted molar refractivity (Wildman–Crippen MR) is 83.4 cm³/mol. The van der Waals surface area contributed by atoms with Crippen molar-refractivity contribution in [1.82, 2.24) is 5.32 Å². The van der Waals surface area contributed by atoms with Gasteiger partial charge in [0.2, 0.25) is 0 Å². The first-order valence-electron chi connectivity index (χ1n) is 7.80. The Hall–Kier alpha value is -0.890. The molecule has 0 radical (unpaired) electrons. The van der Waals surface area contributed by atoms with Crippen molar-refractivity contribution in [1.29, 1.82) is 0 Å². The average Bonchev–Trinajstić information content (AvgIpc) is 2.34. The van der Waals surface area contributed by atoms with E-state index in [1.165, 1.54) is 25.7 Å². The van der Waals surface area contributed by atoms with Crippen LogP contribution < -0.4 is 5.32 Å². The summed E-state index contributed by atoms with van der Waals surface area (Å²) >= 11 is 0. The highest BCUT2D eigenvalue weighted by atomic mass is 19.1. The molecule has 1 nitrogen and oxygen atoms in total. The summed E-state index contributed by atoms with van der Waals surface area (Å²) in [6.45, 7) is 8.66. The fourth-order valence-corrected chi connectivity index (χ4v) is 4.01. The van der Waals surface area contributed by atoms with Crippen molar-refractivity contribution in [3.05, 3.63) is 34.6 Å². The molecule has 0 saturated heterocycles. The minimum absolute atomic E-state index is 0.0526. The number of hydrogen-bond donors (Lipinski definition) is 1. The maximum atomic E-state index is 14.5. The van der Waals surface area contributed by atoms with E-state index in [2.05, 4.69) is 25.2 Å².